The van der Waals surface area contributed by atoms with Crippen molar-refractivity contribution in [3.8, 4) is 0 Å². The SMILES string of the molecule is CO[C@H]1CC(NC(=O)c2cc3c(C(=O)O)cccc3s2)C[C@H]1OC. The van der Waals surface area contributed by atoms with Gasteiger partial charge in [0.05, 0.1) is 22.6 Å². The summed E-state index contributed by atoms with van der Waals surface area (Å²) in [6.45, 7) is 0. The van der Waals surface area contributed by atoms with E-state index in [0.717, 1.165) is 4.70 Å². The summed E-state index contributed by atoms with van der Waals surface area (Å²) < 4.78 is 11.6. The predicted octanol–water partition coefficient (Wildman–Crippen LogP) is 2.52. The number of thiophene rings is 1. The van der Waals surface area contributed by atoms with Gasteiger partial charge in [0.25, 0.3) is 5.91 Å². The summed E-state index contributed by atoms with van der Waals surface area (Å²) in [5, 5.41) is 12.8. The van der Waals surface area contributed by atoms with Crippen molar-refractivity contribution in [3.05, 3.63) is 34.7 Å². The van der Waals surface area contributed by atoms with E-state index in [1.807, 2.05) is 6.07 Å². The van der Waals surface area contributed by atoms with E-state index >= 15 is 0 Å². The quantitative estimate of drug-likeness (QED) is 0.866. The third-order valence-electron chi connectivity index (χ3n) is 4.40. The highest BCUT2D eigenvalue weighted by Crippen LogP contribution is 2.30. The van der Waals surface area contributed by atoms with Gasteiger partial charge in [-0.15, -0.1) is 11.3 Å². The lowest BCUT2D eigenvalue weighted by Crippen LogP contribution is -2.33. The molecule has 1 heterocycles. The molecule has 0 radical (unpaired) electrons. The summed E-state index contributed by atoms with van der Waals surface area (Å²) in [6.07, 6.45) is 1.35. The van der Waals surface area contributed by atoms with E-state index in [2.05, 4.69) is 5.32 Å². The first-order chi connectivity index (χ1) is 11.5. The number of carbonyl (C=O) groups excluding carboxylic acids is 1. The van der Waals surface area contributed by atoms with Crippen molar-refractivity contribution >= 4 is 33.3 Å². The first-order valence-corrected chi connectivity index (χ1v) is 8.47. The molecule has 0 saturated heterocycles. The highest BCUT2D eigenvalue weighted by molar-refractivity contribution is 7.20. The number of carboxylic acid groups (broad SMARTS) is 1. The molecule has 1 aromatic heterocycles. The molecule has 128 valence electrons. The van der Waals surface area contributed by atoms with E-state index in [1.165, 1.54) is 11.3 Å². The second-order valence-corrected chi connectivity index (χ2v) is 6.91. The van der Waals surface area contributed by atoms with Crippen LogP contribution in [0.15, 0.2) is 24.3 Å². The third kappa shape index (κ3) is 3.15. The standard InChI is InChI=1S/C17H19NO5S/c1-22-12-6-9(7-13(12)23-2)18-16(19)15-8-11-10(17(20)21)4-3-5-14(11)24-15/h3-5,8-9,12-13H,6-7H2,1-2H3,(H,18,19)(H,20,21)/t9?,12-,13+. The van der Waals surface area contributed by atoms with Crippen LogP contribution in [-0.2, 0) is 9.47 Å². The Morgan fingerprint density at radius 1 is 1.21 bits per heavy atom. The zero-order valence-electron chi connectivity index (χ0n) is 13.4. The Morgan fingerprint density at radius 2 is 1.88 bits per heavy atom. The molecule has 1 saturated carbocycles. The van der Waals surface area contributed by atoms with E-state index in [0.29, 0.717) is 23.1 Å². The van der Waals surface area contributed by atoms with Crippen LogP contribution in [0.5, 0.6) is 0 Å². The molecule has 3 rings (SSSR count). The highest BCUT2D eigenvalue weighted by Gasteiger charge is 2.35. The maximum absolute atomic E-state index is 12.5. The molecule has 3 atom stereocenters. The van der Waals surface area contributed by atoms with Crippen LogP contribution in [0.25, 0.3) is 10.1 Å². The lowest BCUT2D eigenvalue weighted by molar-refractivity contribution is -0.0157. The fourth-order valence-corrected chi connectivity index (χ4v) is 4.18. The number of carbonyl (C=O) groups is 2. The van der Waals surface area contributed by atoms with Gasteiger partial charge in [0.15, 0.2) is 0 Å². The van der Waals surface area contributed by atoms with Gasteiger partial charge in [-0.2, -0.15) is 0 Å². The van der Waals surface area contributed by atoms with Crippen LogP contribution in [0, 0.1) is 0 Å². The lowest BCUT2D eigenvalue weighted by atomic mass is 10.1. The van der Waals surface area contributed by atoms with Crippen molar-refractivity contribution in [2.45, 2.75) is 31.1 Å². The number of aromatic carboxylic acids is 1. The molecular formula is C17H19NO5S. The Labute approximate surface area is 143 Å². The number of ether oxygens (including phenoxy) is 2. The van der Waals surface area contributed by atoms with Gasteiger partial charge in [-0.25, -0.2) is 4.79 Å². The minimum atomic E-state index is -0.993. The van der Waals surface area contributed by atoms with Crippen molar-refractivity contribution < 1.29 is 24.2 Å². The largest absolute Gasteiger partial charge is 0.478 e. The molecule has 7 heteroatoms. The van der Waals surface area contributed by atoms with E-state index in [4.69, 9.17) is 9.47 Å². The van der Waals surface area contributed by atoms with Gasteiger partial charge in [0.1, 0.15) is 0 Å². The van der Waals surface area contributed by atoms with Crippen LogP contribution in [0.3, 0.4) is 0 Å². The summed E-state index contributed by atoms with van der Waals surface area (Å²) >= 11 is 1.30. The maximum atomic E-state index is 12.5. The van der Waals surface area contributed by atoms with Gasteiger partial charge in [-0.1, -0.05) is 6.07 Å². The van der Waals surface area contributed by atoms with Crippen LogP contribution in [0.2, 0.25) is 0 Å². The normalized spacial score (nSPS) is 23.5. The summed E-state index contributed by atoms with van der Waals surface area (Å²) in [5.74, 6) is -1.18. The minimum absolute atomic E-state index is 0.0171. The molecule has 0 aliphatic heterocycles. The number of hydrogen-bond acceptors (Lipinski definition) is 5. The molecule has 1 fully saturated rings. The number of hydrogen-bond donors (Lipinski definition) is 2. The number of rotatable bonds is 5. The molecule has 0 bridgehead atoms. The van der Waals surface area contributed by atoms with Gasteiger partial charge in [-0.05, 0) is 31.0 Å². The fraction of sp³-hybridized carbons (Fsp3) is 0.412. The molecule has 2 aromatic rings. The first kappa shape index (κ1) is 16.9. The molecule has 24 heavy (non-hydrogen) atoms. The number of fused-ring (bicyclic) bond motifs is 1. The van der Waals surface area contributed by atoms with Crippen molar-refractivity contribution in [1.29, 1.82) is 0 Å². The van der Waals surface area contributed by atoms with E-state index in [-0.39, 0.29) is 29.7 Å². The summed E-state index contributed by atoms with van der Waals surface area (Å²) in [6, 6.07) is 6.68. The number of amides is 1. The van der Waals surface area contributed by atoms with Gasteiger partial charge in [-0.3, -0.25) is 4.79 Å². The third-order valence-corrected chi connectivity index (χ3v) is 5.50. The second kappa shape index (κ2) is 6.88. The zero-order valence-corrected chi connectivity index (χ0v) is 14.3. The van der Waals surface area contributed by atoms with Crippen LogP contribution in [0.1, 0.15) is 32.9 Å². The lowest BCUT2D eigenvalue weighted by Gasteiger charge is -2.14. The second-order valence-electron chi connectivity index (χ2n) is 5.82. The van der Waals surface area contributed by atoms with Crippen molar-refractivity contribution in [2.75, 3.05) is 14.2 Å². The van der Waals surface area contributed by atoms with E-state index in [1.54, 1.807) is 32.4 Å². The molecular weight excluding hydrogens is 330 g/mol. The minimum Gasteiger partial charge on any atom is -0.478 e. The molecule has 1 unspecified atom stereocenters. The molecule has 1 aliphatic carbocycles. The van der Waals surface area contributed by atoms with E-state index < -0.39 is 5.97 Å². The average molecular weight is 349 g/mol. The number of carboxylic acids is 1. The predicted molar refractivity (Wildman–Crippen MR) is 90.9 cm³/mol. The van der Waals surface area contributed by atoms with Crippen LogP contribution >= 0.6 is 11.3 Å². The molecule has 1 aromatic carbocycles. The van der Waals surface area contributed by atoms with Crippen molar-refractivity contribution in [1.82, 2.24) is 5.32 Å². The monoisotopic (exact) mass is 349 g/mol. The van der Waals surface area contributed by atoms with Crippen LogP contribution in [-0.4, -0.2) is 49.5 Å². The number of benzene rings is 1. The van der Waals surface area contributed by atoms with Crippen molar-refractivity contribution in [2.24, 2.45) is 0 Å². The Kier molecular flexibility index (Phi) is 4.84. The van der Waals surface area contributed by atoms with Gasteiger partial charge in [0.2, 0.25) is 0 Å². The summed E-state index contributed by atoms with van der Waals surface area (Å²) in [4.78, 5) is 24.3. The summed E-state index contributed by atoms with van der Waals surface area (Å²) in [7, 11) is 3.28. The van der Waals surface area contributed by atoms with Gasteiger partial charge >= 0.3 is 5.97 Å². The van der Waals surface area contributed by atoms with E-state index in [9.17, 15) is 14.7 Å². The first-order valence-electron chi connectivity index (χ1n) is 7.65. The number of methoxy groups -OCH3 is 2. The number of nitrogens with one attached hydrogen (secondary N) is 1. The van der Waals surface area contributed by atoms with Crippen molar-refractivity contribution in [3.63, 3.8) is 0 Å². The molecule has 0 spiro atoms. The van der Waals surface area contributed by atoms with Gasteiger partial charge < -0.3 is 19.9 Å². The average Bonchev–Trinajstić information content (AvgIpc) is 3.17. The molecule has 6 nitrogen and oxygen atoms in total. The Morgan fingerprint density at radius 3 is 2.46 bits per heavy atom. The highest BCUT2D eigenvalue weighted by atomic mass is 32.1. The molecule has 1 amide bonds. The molecule has 2 N–H and O–H groups in total. The van der Waals surface area contributed by atoms with Crippen LogP contribution in [0.4, 0.5) is 0 Å². The summed E-state index contributed by atoms with van der Waals surface area (Å²) in [5.41, 5.74) is 0.211. The maximum Gasteiger partial charge on any atom is 0.336 e. The Hall–Kier alpha value is -1.96. The molecule has 1 aliphatic rings. The Balaban J connectivity index is 1.77. The van der Waals surface area contributed by atoms with Crippen LogP contribution < -0.4 is 5.32 Å². The fourth-order valence-electron chi connectivity index (χ4n) is 3.19. The Bertz CT molecular complexity index is 759. The van der Waals surface area contributed by atoms with Gasteiger partial charge in [0, 0.05) is 30.3 Å². The zero-order chi connectivity index (χ0) is 17.3. The smallest absolute Gasteiger partial charge is 0.336 e. The topological polar surface area (TPSA) is 84.9 Å².